The lowest BCUT2D eigenvalue weighted by molar-refractivity contribution is -0.153. The average molecular weight is 714 g/mol. The van der Waals surface area contributed by atoms with Crippen molar-refractivity contribution < 1.29 is 28.9 Å². The van der Waals surface area contributed by atoms with Gasteiger partial charge in [0.2, 0.25) is 5.91 Å². The quantitative estimate of drug-likeness (QED) is 0.243. The Hall–Kier alpha value is -3.11. The smallest absolute Gasteiger partial charge is 0.407 e. The molecule has 2 N–H and O–H groups in total. The molecule has 0 saturated carbocycles. The molecule has 0 bridgehead atoms. The Morgan fingerprint density at radius 3 is 2.48 bits per heavy atom. The molecule has 2 aliphatic heterocycles. The van der Waals surface area contributed by atoms with E-state index in [2.05, 4.69) is 21.2 Å². The number of fused-ring (bicyclic) bond motifs is 3. The molecule has 5 atom stereocenters. The van der Waals surface area contributed by atoms with E-state index in [9.17, 15) is 14.7 Å². The van der Waals surface area contributed by atoms with Gasteiger partial charge in [0, 0.05) is 21.0 Å². The van der Waals surface area contributed by atoms with Crippen molar-refractivity contribution in [3.05, 3.63) is 99.0 Å². The fourth-order valence-corrected chi connectivity index (χ4v) is 6.85. The number of ether oxygens (including phenoxy) is 3. The van der Waals surface area contributed by atoms with Gasteiger partial charge < -0.3 is 29.5 Å². The molecule has 46 heavy (non-hydrogen) atoms. The molecular weight excluding hydrogens is 672 g/mol. The first kappa shape index (κ1) is 34.2. The second kappa shape index (κ2) is 13.9. The van der Waals surface area contributed by atoms with Gasteiger partial charge in [-0.2, -0.15) is 0 Å². The van der Waals surface area contributed by atoms with Gasteiger partial charge in [0.25, 0.3) is 0 Å². The zero-order valence-electron chi connectivity index (χ0n) is 26.8. The lowest BCUT2D eigenvalue weighted by Crippen LogP contribution is -2.51. The first-order valence-electron chi connectivity index (χ1n) is 15.6. The highest BCUT2D eigenvalue weighted by molar-refractivity contribution is 9.10. The van der Waals surface area contributed by atoms with Gasteiger partial charge in [-0.25, -0.2) is 4.79 Å². The van der Waals surface area contributed by atoms with Gasteiger partial charge in [0.15, 0.2) is 0 Å². The number of aliphatic hydroxyl groups is 1. The van der Waals surface area contributed by atoms with Gasteiger partial charge in [-0.3, -0.25) is 4.79 Å². The Balaban J connectivity index is 1.47. The minimum absolute atomic E-state index is 0.0739. The molecule has 0 aromatic heterocycles. The summed E-state index contributed by atoms with van der Waals surface area (Å²) < 4.78 is 18.9. The molecule has 10 heteroatoms. The van der Waals surface area contributed by atoms with E-state index in [1.807, 2.05) is 85.5 Å². The van der Waals surface area contributed by atoms with Crippen molar-refractivity contribution >= 4 is 39.5 Å². The lowest BCUT2D eigenvalue weighted by atomic mass is 9.87. The minimum atomic E-state index is -1.09. The number of benzene rings is 3. The Bertz CT molecular complexity index is 1540. The largest absolute Gasteiger partial charge is 0.490 e. The summed E-state index contributed by atoms with van der Waals surface area (Å²) in [4.78, 5) is 29.6. The first-order chi connectivity index (χ1) is 21.7. The number of amides is 2. The maximum atomic E-state index is 14.8. The van der Waals surface area contributed by atoms with Gasteiger partial charge >= 0.3 is 6.09 Å². The molecule has 0 radical (unpaired) electrons. The fourth-order valence-electron chi connectivity index (χ4n) is 6.38. The summed E-state index contributed by atoms with van der Waals surface area (Å²) in [6, 6.07) is 21.7. The van der Waals surface area contributed by atoms with Crippen LogP contribution < -0.4 is 10.1 Å². The summed E-state index contributed by atoms with van der Waals surface area (Å²) in [5.74, 6) is -0.101. The molecule has 2 heterocycles. The lowest BCUT2D eigenvalue weighted by Gasteiger charge is -2.38. The SMILES string of the molecule is CC(C)(C)OC(=O)NC(Cc1ccc(Br)cc1)C(O)CC(Cc1cccc(Cl)c1)C(=O)N1C2c3ccccc3OCC2OC1(C)C. The van der Waals surface area contributed by atoms with Crippen LogP contribution in [0.15, 0.2) is 77.3 Å². The van der Waals surface area contributed by atoms with Crippen molar-refractivity contribution in [2.75, 3.05) is 6.61 Å². The van der Waals surface area contributed by atoms with Crippen LogP contribution in [0.1, 0.15) is 63.8 Å². The van der Waals surface area contributed by atoms with Crippen LogP contribution in [-0.4, -0.2) is 58.2 Å². The van der Waals surface area contributed by atoms with Crippen molar-refractivity contribution in [2.45, 2.75) is 89.5 Å². The second-order valence-electron chi connectivity index (χ2n) is 13.5. The van der Waals surface area contributed by atoms with E-state index < -0.39 is 35.5 Å². The number of carbonyl (C=O) groups excluding carboxylic acids is 2. The van der Waals surface area contributed by atoms with Crippen LogP contribution in [0.2, 0.25) is 5.02 Å². The number of halogens is 2. The van der Waals surface area contributed by atoms with E-state index >= 15 is 0 Å². The molecule has 3 aromatic rings. The number of hydrogen-bond acceptors (Lipinski definition) is 6. The van der Waals surface area contributed by atoms with Gasteiger partial charge in [-0.05, 0) is 95.3 Å². The van der Waals surface area contributed by atoms with E-state index in [0.29, 0.717) is 24.5 Å². The second-order valence-corrected chi connectivity index (χ2v) is 14.9. The molecule has 5 unspecified atom stereocenters. The average Bonchev–Trinajstić information content (AvgIpc) is 3.26. The van der Waals surface area contributed by atoms with E-state index in [-0.39, 0.29) is 24.5 Å². The third kappa shape index (κ3) is 8.23. The molecule has 3 aromatic carbocycles. The van der Waals surface area contributed by atoms with Crippen LogP contribution in [0.25, 0.3) is 0 Å². The molecule has 1 saturated heterocycles. The maximum absolute atomic E-state index is 14.8. The third-order valence-corrected chi connectivity index (χ3v) is 9.07. The molecule has 5 rings (SSSR count). The first-order valence-corrected chi connectivity index (χ1v) is 16.8. The summed E-state index contributed by atoms with van der Waals surface area (Å²) >= 11 is 9.82. The van der Waals surface area contributed by atoms with E-state index in [1.54, 1.807) is 26.8 Å². The van der Waals surface area contributed by atoms with Gasteiger partial charge in [-0.15, -0.1) is 0 Å². The normalized spacial score (nSPS) is 20.5. The van der Waals surface area contributed by atoms with E-state index in [0.717, 1.165) is 26.9 Å². The van der Waals surface area contributed by atoms with E-state index in [1.165, 1.54) is 0 Å². The molecule has 8 nitrogen and oxygen atoms in total. The van der Waals surface area contributed by atoms with Crippen molar-refractivity contribution in [1.82, 2.24) is 10.2 Å². The number of aliphatic hydroxyl groups excluding tert-OH is 1. The molecule has 0 aliphatic carbocycles. The highest BCUT2D eigenvalue weighted by Crippen LogP contribution is 2.48. The zero-order valence-corrected chi connectivity index (χ0v) is 29.2. The number of rotatable bonds is 9. The molecule has 0 spiro atoms. The summed E-state index contributed by atoms with van der Waals surface area (Å²) in [6.45, 7) is 9.46. The Kier molecular flexibility index (Phi) is 10.4. The van der Waals surface area contributed by atoms with Crippen LogP contribution in [0.3, 0.4) is 0 Å². The van der Waals surface area contributed by atoms with Crippen LogP contribution in [0.5, 0.6) is 5.75 Å². The van der Waals surface area contributed by atoms with Crippen molar-refractivity contribution in [2.24, 2.45) is 5.92 Å². The predicted molar refractivity (Wildman–Crippen MR) is 181 cm³/mol. The standard InChI is InChI=1S/C36H42BrClN2O6/c1-35(2,3)46-34(43)39-28(19-22-13-15-25(37)16-14-22)29(41)20-24(17-23-9-8-10-26(38)18-23)33(42)40-32-27-11-6-7-12-30(27)44-21-31(32)45-36(40,4)5/h6-16,18,24,28-29,31-32,41H,17,19-21H2,1-5H3,(H,39,43). The topological polar surface area (TPSA) is 97.3 Å². The number of nitrogens with zero attached hydrogens (tertiary/aromatic N) is 1. The van der Waals surface area contributed by atoms with E-state index in [4.69, 9.17) is 25.8 Å². The van der Waals surface area contributed by atoms with Crippen LogP contribution in [0.4, 0.5) is 4.79 Å². The Morgan fingerprint density at radius 2 is 1.78 bits per heavy atom. The highest BCUT2D eigenvalue weighted by Gasteiger charge is 2.54. The van der Waals surface area contributed by atoms with Crippen molar-refractivity contribution in [1.29, 1.82) is 0 Å². The summed E-state index contributed by atoms with van der Waals surface area (Å²) in [5.41, 5.74) is 1.01. The molecule has 2 amide bonds. The maximum Gasteiger partial charge on any atom is 0.407 e. The third-order valence-electron chi connectivity index (χ3n) is 8.31. The molecular formula is C36H42BrClN2O6. The van der Waals surface area contributed by atoms with Crippen LogP contribution >= 0.6 is 27.5 Å². The highest BCUT2D eigenvalue weighted by atomic mass is 79.9. The fraction of sp³-hybridized carbons (Fsp3) is 0.444. The number of carbonyl (C=O) groups is 2. The van der Waals surface area contributed by atoms with Crippen molar-refractivity contribution in [3.8, 4) is 5.75 Å². The Labute approximate surface area is 284 Å². The number of para-hydroxylation sites is 1. The van der Waals surface area contributed by atoms with Crippen LogP contribution in [-0.2, 0) is 27.1 Å². The molecule has 1 fully saturated rings. The monoisotopic (exact) mass is 712 g/mol. The summed E-state index contributed by atoms with van der Waals surface area (Å²) in [7, 11) is 0. The summed E-state index contributed by atoms with van der Waals surface area (Å²) in [6.07, 6.45) is -1.33. The molecule has 246 valence electrons. The zero-order chi connectivity index (χ0) is 33.2. The van der Waals surface area contributed by atoms with Crippen LogP contribution in [0, 0.1) is 5.92 Å². The predicted octanol–water partition coefficient (Wildman–Crippen LogP) is 7.25. The minimum Gasteiger partial charge on any atom is -0.490 e. The number of nitrogens with one attached hydrogen (secondary N) is 1. The van der Waals surface area contributed by atoms with Gasteiger partial charge in [0.05, 0.1) is 18.2 Å². The number of alkyl carbamates (subject to hydrolysis) is 1. The van der Waals surface area contributed by atoms with Crippen molar-refractivity contribution in [3.63, 3.8) is 0 Å². The number of hydrogen-bond donors (Lipinski definition) is 2. The molecule has 2 aliphatic rings. The Morgan fingerprint density at radius 1 is 1.07 bits per heavy atom. The van der Waals surface area contributed by atoms with Gasteiger partial charge in [-0.1, -0.05) is 70.0 Å². The van der Waals surface area contributed by atoms with Gasteiger partial charge in [0.1, 0.15) is 29.8 Å². The summed E-state index contributed by atoms with van der Waals surface area (Å²) in [5, 5.41) is 15.3.